The van der Waals surface area contributed by atoms with Crippen molar-refractivity contribution in [1.29, 1.82) is 0 Å². The van der Waals surface area contributed by atoms with E-state index in [0.29, 0.717) is 48.1 Å². The van der Waals surface area contributed by atoms with Gasteiger partial charge in [0, 0.05) is 23.9 Å². The Morgan fingerprint density at radius 1 is 1.17 bits per heavy atom. The molecule has 2 aromatic rings. The lowest BCUT2D eigenvalue weighted by atomic mass is 10.1. The molecule has 2 aliphatic rings. The van der Waals surface area contributed by atoms with Crippen molar-refractivity contribution in [1.82, 2.24) is 5.32 Å². The Morgan fingerprint density at radius 2 is 1.97 bits per heavy atom. The molecule has 8 heteroatoms. The van der Waals surface area contributed by atoms with E-state index in [-0.39, 0.29) is 17.6 Å². The molecule has 0 unspecified atom stereocenters. The van der Waals surface area contributed by atoms with Crippen LogP contribution >= 0.6 is 11.8 Å². The minimum Gasteiger partial charge on any atom is -0.490 e. The molecule has 2 atom stereocenters. The first-order valence-electron chi connectivity index (χ1n) is 9.46. The van der Waals surface area contributed by atoms with Crippen LogP contribution in [0.15, 0.2) is 42.5 Å². The molecule has 2 aromatic carbocycles. The predicted octanol–water partition coefficient (Wildman–Crippen LogP) is 2.77. The highest BCUT2D eigenvalue weighted by molar-refractivity contribution is 8.00. The molecule has 1 saturated heterocycles. The highest BCUT2D eigenvalue weighted by Crippen LogP contribution is 2.32. The SMILES string of the molecule is O=C(Nc1ccc2c(c1)OCCCO2)[C@@H]1CS[C@H](Cc2ccccc2F)C(=O)N1. The summed E-state index contributed by atoms with van der Waals surface area (Å²) in [6, 6.07) is 11.0. The summed E-state index contributed by atoms with van der Waals surface area (Å²) in [5.74, 6) is 0.773. The molecule has 0 aromatic heterocycles. The molecule has 0 radical (unpaired) electrons. The standard InChI is InChI=1S/C21H21FN2O4S/c22-15-5-2-1-4-13(15)10-19-21(26)24-16(12-29-19)20(25)23-14-6-7-17-18(11-14)28-9-3-8-27-17/h1-2,4-7,11,16,19H,3,8-10,12H2,(H,23,25)(H,24,26)/t16-,19+/m0/s1. The second kappa shape index (κ2) is 8.73. The summed E-state index contributed by atoms with van der Waals surface area (Å²) >= 11 is 1.36. The Bertz CT molecular complexity index is 923. The van der Waals surface area contributed by atoms with Crippen molar-refractivity contribution >= 4 is 29.3 Å². The van der Waals surface area contributed by atoms with Gasteiger partial charge in [0.1, 0.15) is 11.9 Å². The van der Waals surface area contributed by atoms with Crippen molar-refractivity contribution in [2.75, 3.05) is 24.3 Å². The van der Waals surface area contributed by atoms with E-state index in [1.807, 2.05) is 0 Å². The molecule has 0 spiro atoms. The molecular formula is C21H21FN2O4S. The predicted molar refractivity (Wildman–Crippen MR) is 109 cm³/mol. The number of carbonyl (C=O) groups excluding carboxylic acids is 2. The topological polar surface area (TPSA) is 76.7 Å². The Balaban J connectivity index is 1.35. The molecule has 0 saturated carbocycles. The Morgan fingerprint density at radius 3 is 2.76 bits per heavy atom. The summed E-state index contributed by atoms with van der Waals surface area (Å²) in [4.78, 5) is 25.0. The second-order valence-electron chi connectivity index (χ2n) is 6.88. The third kappa shape index (κ3) is 4.64. The fourth-order valence-electron chi connectivity index (χ4n) is 3.22. The van der Waals surface area contributed by atoms with E-state index in [0.717, 1.165) is 6.42 Å². The lowest BCUT2D eigenvalue weighted by Gasteiger charge is -2.28. The van der Waals surface area contributed by atoms with Gasteiger partial charge in [-0.2, -0.15) is 0 Å². The first-order chi connectivity index (χ1) is 14.1. The van der Waals surface area contributed by atoms with E-state index >= 15 is 0 Å². The Hall–Kier alpha value is -2.74. The van der Waals surface area contributed by atoms with Gasteiger partial charge < -0.3 is 20.1 Å². The monoisotopic (exact) mass is 416 g/mol. The second-order valence-corrected chi connectivity index (χ2v) is 8.12. The summed E-state index contributed by atoms with van der Waals surface area (Å²) in [6.45, 7) is 1.15. The van der Waals surface area contributed by atoms with Gasteiger partial charge in [-0.1, -0.05) is 18.2 Å². The van der Waals surface area contributed by atoms with Crippen LogP contribution in [0.25, 0.3) is 0 Å². The van der Waals surface area contributed by atoms with E-state index < -0.39 is 11.3 Å². The van der Waals surface area contributed by atoms with Crippen LogP contribution in [0.3, 0.4) is 0 Å². The number of nitrogens with one attached hydrogen (secondary N) is 2. The lowest BCUT2D eigenvalue weighted by Crippen LogP contribution is -2.52. The Kier molecular flexibility index (Phi) is 5.89. The highest BCUT2D eigenvalue weighted by atomic mass is 32.2. The number of fused-ring (bicyclic) bond motifs is 1. The largest absolute Gasteiger partial charge is 0.490 e. The molecule has 152 valence electrons. The van der Waals surface area contributed by atoms with Gasteiger partial charge in [-0.25, -0.2) is 4.39 Å². The first kappa shape index (κ1) is 19.6. The smallest absolute Gasteiger partial charge is 0.247 e. The molecule has 29 heavy (non-hydrogen) atoms. The molecule has 2 N–H and O–H groups in total. The van der Waals surface area contributed by atoms with E-state index in [1.54, 1.807) is 36.4 Å². The fraction of sp³-hybridized carbons (Fsp3) is 0.333. The zero-order valence-electron chi connectivity index (χ0n) is 15.7. The first-order valence-corrected chi connectivity index (χ1v) is 10.5. The van der Waals surface area contributed by atoms with E-state index in [2.05, 4.69) is 10.6 Å². The summed E-state index contributed by atoms with van der Waals surface area (Å²) in [6.07, 6.45) is 1.09. The van der Waals surface area contributed by atoms with Crippen molar-refractivity contribution in [2.24, 2.45) is 0 Å². The molecular weight excluding hydrogens is 395 g/mol. The van der Waals surface area contributed by atoms with Gasteiger partial charge >= 0.3 is 0 Å². The molecule has 2 aliphatic heterocycles. The van der Waals surface area contributed by atoms with Crippen LogP contribution in [-0.4, -0.2) is 42.1 Å². The summed E-state index contributed by atoms with van der Waals surface area (Å²) in [5, 5.41) is 5.14. The van der Waals surface area contributed by atoms with Crippen LogP contribution in [0.2, 0.25) is 0 Å². The maximum absolute atomic E-state index is 13.8. The zero-order chi connectivity index (χ0) is 20.2. The van der Waals surface area contributed by atoms with Crippen LogP contribution in [0, 0.1) is 5.82 Å². The van der Waals surface area contributed by atoms with Crippen molar-refractivity contribution < 1.29 is 23.5 Å². The number of hydrogen-bond donors (Lipinski definition) is 2. The number of carbonyl (C=O) groups is 2. The van der Waals surface area contributed by atoms with Crippen molar-refractivity contribution in [3.05, 3.63) is 53.8 Å². The summed E-state index contributed by atoms with van der Waals surface area (Å²) in [5.41, 5.74) is 1.07. The summed E-state index contributed by atoms with van der Waals surface area (Å²) in [7, 11) is 0. The van der Waals surface area contributed by atoms with Crippen LogP contribution in [-0.2, 0) is 16.0 Å². The summed E-state index contributed by atoms with van der Waals surface area (Å²) < 4.78 is 25.1. The van der Waals surface area contributed by atoms with Crippen molar-refractivity contribution in [3.63, 3.8) is 0 Å². The van der Waals surface area contributed by atoms with Crippen LogP contribution in [0.1, 0.15) is 12.0 Å². The van der Waals surface area contributed by atoms with Gasteiger partial charge in [0.15, 0.2) is 11.5 Å². The highest BCUT2D eigenvalue weighted by Gasteiger charge is 2.33. The van der Waals surface area contributed by atoms with Crippen LogP contribution in [0.4, 0.5) is 10.1 Å². The maximum atomic E-state index is 13.8. The van der Waals surface area contributed by atoms with Crippen molar-refractivity contribution in [2.45, 2.75) is 24.1 Å². The fourth-order valence-corrected chi connectivity index (χ4v) is 4.40. The van der Waals surface area contributed by atoms with E-state index in [1.165, 1.54) is 17.8 Å². The number of halogens is 1. The zero-order valence-corrected chi connectivity index (χ0v) is 16.5. The van der Waals surface area contributed by atoms with E-state index in [9.17, 15) is 14.0 Å². The molecule has 4 rings (SSSR count). The third-order valence-corrected chi connectivity index (χ3v) is 6.08. The molecule has 1 fully saturated rings. The number of anilines is 1. The van der Waals surface area contributed by atoms with Gasteiger partial charge in [-0.05, 0) is 30.2 Å². The lowest BCUT2D eigenvalue weighted by molar-refractivity contribution is -0.126. The molecule has 2 amide bonds. The quantitative estimate of drug-likeness (QED) is 0.802. The number of rotatable bonds is 4. The van der Waals surface area contributed by atoms with Gasteiger partial charge in [-0.15, -0.1) is 11.8 Å². The maximum Gasteiger partial charge on any atom is 0.247 e. The minimum atomic E-state index is -0.652. The molecule has 0 aliphatic carbocycles. The number of benzene rings is 2. The van der Waals surface area contributed by atoms with E-state index in [4.69, 9.17) is 9.47 Å². The number of ether oxygens (including phenoxy) is 2. The van der Waals surface area contributed by atoms with Crippen LogP contribution < -0.4 is 20.1 Å². The minimum absolute atomic E-state index is 0.261. The Labute approximate surface area is 172 Å². The van der Waals surface area contributed by atoms with Gasteiger partial charge in [-0.3, -0.25) is 9.59 Å². The number of hydrogen-bond acceptors (Lipinski definition) is 5. The third-order valence-electron chi connectivity index (χ3n) is 4.77. The van der Waals surface area contributed by atoms with Gasteiger partial charge in [0.25, 0.3) is 0 Å². The molecule has 0 bridgehead atoms. The van der Waals surface area contributed by atoms with Crippen molar-refractivity contribution in [3.8, 4) is 11.5 Å². The van der Waals surface area contributed by atoms with Gasteiger partial charge in [0.2, 0.25) is 11.8 Å². The average molecular weight is 416 g/mol. The number of amides is 2. The molecule has 6 nitrogen and oxygen atoms in total. The molecule has 2 heterocycles. The van der Waals surface area contributed by atoms with Crippen LogP contribution in [0.5, 0.6) is 11.5 Å². The normalized spacial score (nSPS) is 21.1. The average Bonchev–Trinajstić information content (AvgIpc) is 2.96. The van der Waals surface area contributed by atoms with Gasteiger partial charge in [0.05, 0.1) is 18.5 Å². The number of thioether (sulfide) groups is 1.